The van der Waals surface area contributed by atoms with E-state index in [9.17, 15) is 4.79 Å². The number of rotatable bonds is 5. The largest absolute Gasteiger partial charge is 0.372 e. The molecule has 0 aliphatic carbocycles. The molecule has 3 atom stereocenters. The third-order valence-electron chi connectivity index (χ3n) is 5.37. The average Bonchev–Trinajstić information content (AvgIpc) is 2.79. The topological polar surface area (TPSA) is 93.1 Å². The molecule has 1 saturated heterocycles. The highest BCUT2D eigenvalue weighted by Gasteiger charge is 2.37. The number of anilines is 1. The molecule has 4 heterocycles. The van der Waals surface area contributed by atoms with Crippen molar-refractivity contribution in [2.24, 2.45) is 0 Å². The number of nitrogens with zero attached hydrogens (tertiary/aromatic N) is 5. The number of carbonyl (C=O) groups is 1. The van der Waals surface area contributed by atoms with Gasteiger partial charge in [0.2, 0.25) is 0 Å². The second-order valence-electron chi connectivity index (χ2n) is 7.84. The van der Waals surface area contributed by atoms with Gasteiger partial charge in [0.15, 0.2) is 5.82 Å². The lowest BCUT2D eigenvalue weighted by molar-refractivity contribution is -0.0880. The first kappa shape index (κ1) is 22.1. The number of hydrogen-bond donors (Lipinski definition) is 1. The van der Waals surface area contributed by atoms with Gasteiger partial charge in [-0.05, 0) is 51.1 Å². The van der Waals surface area contributed by atoms with Gasteiger partial charge in [0.1, 0.15) is 11.5 Å². The molecule has 0 bridgehead atoms. The van der Waals surface area contributed by atoms with Gasteiger partial charge in [0, 0.05) is 37.4 Å². The molecular weight excluding hydrogens is 428 g/mol. The molecule has 1 N–H and O–H groups in total. The van der Waals surface area contributed by atoms with E-state index >= 15 is 0 Å². The van der Waals surface area contributed by atoms with E-state index in [1.54, 1.807) is 36.8 Å². The first-order valence-corrected chi connectivity index (χ1v) is 10.9. The highest BCUT2D eigenvalue weighted by Crippen LogP contribution is 2.25. The molecule has 1 amide bonds. The molecule has 8 nitrogen and oxygen atoms in total. The van der Waals surface area contributed by atoms with E-state index in [2.05, 4.69) is 25.3 Å². The van der Waals surface area contributed by atoms with E-state index in [4.69, 9.17) is 16.3 Å². The van der Waals surface area contributed by atoms with Crippen LogP contribution in [0.4, 0.5) is 5.82 Å². The minimum absolute atomic E-state index is 0.0971. The van der Waals surface area contributed by atoms with Gasteiger partial charge >= 0.3 is 0 Å². The summed E-state index contributed by atoms with van der Waals surface area (Å²) in [6.45, 7) is 6.72. The summed E-state index contributed by atoms with van der Waals surface area (Å²) < 4.78 is 6.04. The van der Waals surface area contributed by atoms with Gasteiger partial charge in [-0.25, -0.2) is 19.9 Å². The summed E-state index contributed by atoms with van der Waals surface area (Å²) >= 11 is 5.93. The molecular formula is C23H25ClN6O2. The van der Waals surface area contributed by atoms with Gasteiger partial charge in [-0.15, -0.1) is 0 Å². The van der Waals surface area contributed by atoms with Crippen LogP contribution >= 0.6 is 11.6 Å². The second-order valence-corrected chi connectivity index (χ2v) is 8.28. The van der Waals surface area contributed by atoms with Gasteiger partial charge in [-0.2, -0.15) is 0 Å². The molecule has 0 unspecified atom stereocenters. The second kappa shape index (κ2) is 9.58. The molecule has 1 aliphatic rings. The first-order valence-electron chi connectivity index (χ1n) is 10.5. The number of aromatic nitrogens is 4. The average molecular weight is 453 g/mol. The van der Waals surface area contributed by atoms with Crippen LogP contribution in [0.25, 0.3) is 11.4 Å². The summed E-state index contributed by atoms with van der Waals surface area (Å²) in [4.78, 5) is 33.1. The fraction of sp³-hybridized carbons (Fsp3) is 0.348. The lowest BCUT2D eigenvalue weighted by atomic mass is 10.0. The van der Waals surface area contributed by atoms with E-state index < -0.39 is 0 Å². The van der Waals surface area contributed by atoms with E-state index in [-0.39, 0.29) is 24.2 Å². The first-order chi connectivity index (χ1) is 15.4. The molecule has 32 heavy (non-hydrogen) atoms. The fourth-order valence-electron chi connectivity index (χ4n) is 3.84. The molecule has 3 aromatic heterocycles. The van der Waals surface area contributed by atoms with Crippen LogP contribution in [0.15, 0.2) is 48.9 Å². The zero-order valence-electron chi connectivity index (χ0n) is 18.2. The normalized spacial score (nSPS) is 20.8. The summed E-state index contributed by atoms with van der Waals surface area (Å²) in [6, 6.07) is 8.80. The number of hydrogen-bond acceptors (Lipinski definition) is 7. The summed E-state index contributed by atoms with van der Waals surface area (Å²) in [5.41, 5.74) is 1.70. The molecule has 3 aromatic rings. The number of morpholine rings is 1. The van der Waals surface area contributed by atoms with Crippen LogP contribution in [0.5, 0.6) is 0 Å². The highest BCUT2D eigenvalue weighted by molar-refractivity contribution is 6.30. The van der Waals surface area contributed by atoms with Crippen molar-refractivity contribution in [3.05, 3.63) is 65.3 Å². The van der Waals surface area contributed by atoms with Gasteiger partial charge in [-0.3, -0.25) is 4.79 Å². The summed E-state index contributed by atoms with van der Waals surface area (Å²) in [7, 11) is 0. The van der Waals surface area contributed by atoms with Gasteiger partial charge in [0.25, 0.3) is 5.91 Å². The summed E-state index contributed by atoms with van der Waals surface area (Å²) in [5, 5.41) is 3.86. The van der Waals surface area contributed by atoms with E-state index in [0.717, 1.165) is 5.69 Å². The molecule has 0 radical (unpaired) electrons. The van der Waals surface area contributed by atoms with Crippen LogP contribution in [0.2, 0.25) is 5.02 Å². The quantitative estimate of drug-likeness (QED) is 0.631. The highest BCUT2D eigenvalue weighted by atomic mass is 35.5. The molecule has 9 heteroatoms. The molecule has 4 rings (SSSR count). The molecule has 0 saturated carbocycles. The Morgan fingerprint density at radius 2 is 1.97 bits per heavy atom. The Hall–Kier alpha value is -3.10. The van der Waals surface area contributed by atoms with Crippen LogP contribution in [0.1, 0.15) is 30.0 Å². The zero-order valence-corrected chi connectivity index (χ0v) is 19.0. The van der Waals surface area contributed by atoms with Crippen molar-refractivity contribution in [1.82, 2.24) is 24.8 Å². The number of ether oxygens (including phenoxy) is 1. The Labute approximate surface area is 192 Å². The van der Waals surface area contributed by atoms with Crippen molar-refractivity contribution >= 4 is 23.3 Å². The van der Waals surface area contributed by atoms with E-state index in [0.29, 0.717) is 41.0 Å². The minimum Gasteiger partial charge on any atom is -0.372 e. The van der Waals surface area contributed by atoms with Crippen LogP contribution in [-0.2, 0) is 4.74 Å². The summed E-state index contributed by atoms with van der Waals surface area (Å²) in [6.07, 6.45) is 4.62. The number of amides is 1. The fourth-order valence-corrected chi connectivity index (χ4v) is 3.95. The van der Waals surface area contributed by atoms with Crippen molar-refractivity contribution < 1.29 is 9.53 Å². The van der Waals surface area contributed by atoms with Crippen molar-refractivity contribution in [3.8, 4) is 11.4 Å². The van der Waals surface area contributed by atoms with Crippen LogP contribution in [0.3, 0.4) is 0 Å². The molecule has 166 valence electrons. The molecule has 1 fully saturated rings. The van der Waals surface area contributed by atoms with E-state index in [1.165, 1.54) is 0 Å². The molecule has 0 spiro atoms. The Kier molecular flexibility index (Phi) is 6.62. The molecule has 1 aliphatic heterocycles. The minimum atomic E-state index is -0.219. The predicted octanol–water partition coefficient (Wildman–Crippen LogP) is 3.63. The smallest absolute Gasteiger partial charge is 0.273 e. The van der Waals surface area contributed by atoms with Gasteiger partial charge < -0.3 is 15.0 Å². The lowest BCUT2D eigenvalue weighted by Crippen LogP contribution is -2.58. The number of carbonyl (C=O) groups excluding carboxylic acids is 1. The Balaban J connectivity index is 1.64. The monoisotopic (exact) mass is 452 g/mol. The number of halogens is 1. The van der Waals surface area contributed by atoms with Crippen molar-refractivity contribution in [3.63, 3.8) is 0 Å². The number of aryl methyl sites for hydroxylation is 1. The Morgan fingerprint density at radius 3 is 2.69 bits per heavy atom. The Bertz CT molecular complexity index is 1080. The number of pyridine rings is 2. The summed E-state index contributed by atoms with van der Waals surface area (Å²) in [5.74, 6) is 0.978. The van der Waals surface area contributed by atoms with Crippen molar-refractivity contribution in [1.29, 1.82) is 0 Å². The number of nitrogens with one attached hydrogen (secondary N) is 1. The lowest BCUT2D eigenvalue weighted by Gasteiger charge is -2.43. The molecule has 0 aromatic carbocycles. The van der Waals surface area contributed by atoms with Crippen LogP contribution in [-0.4, -0.2) is 62.1 Å². The standard InChI is InChI=1S/C23H25ClN6O2/c1-14-5-7-18(22-25-9-4-10-26-22)21(29-14)23(31)30-13-15(2)32-16(3)19(30)12-28-20-8-6-17(24)11-27-20/h4-11,15-16,19H,12-13H2,1-3H3,(H,27,28)/t15-,16+,19-/m1/s1. The van der Waals surface area contributed by atoms with Crippen molar-refractivity contribution in [2.75, 3.05) is 18.4 Å². The third kappa shape index (κ3) is 4.87. The van der Waals surface area contributed by atoms with Gasteiger partial charge in [0.05, 0.1) is 28.8 Å². The maximum atomic E-state index is 13.8. The zero-order chi connectivity index (χ0) is 22.7. The van der Waals surface area contributed by atoms with Crippen molar-refractivity contribution in [2.45, 2.75) is 39.0 Å². The predicted molar refractivity (Wildman–Crippen MR) is 123 cm³/mol. The third-order valence-corrected chi connectivity index (χ3v) is 5.59. The van der Waals surface area contributed by atoms with Crippen LogP contribution in [0, 0.1) is 6.92 Å². The van der Waals surface area contributed by atoms with Gasteiger partial charge in [-0.1, -0.05) is 11.6 Å². The Morgan fingerprint density at radius 1 is 1.19 bits per heavy atom. The maximum absolute atomic E-state index is 13.8. The van der Waals surface area contributed by atoms with E-state index in [1.807, 2.05) is 37.8 Å². The van der Waals surface area contributed by atoms with Crippen LogP contribution < -0.4 is 5.32 Å². The SMILES string of the molecule is Cc1ccc(-c2ncccn2)c(C(=O)N2C[C@@H](C)O[C@@H](C)[C@H]2CNc2ccc(Cl)cn2)n1. The maximum Gasteiger partial charge on any atom is 0.273 e.